The van der Waals surface area contributed by atoms with Crippen molar-refractivity contribution in [1.82, 2.24) is 24.8 Å². The zero-order chi connectivity index (χ0) is 18.0. The summed E-state index contributed by atoms with van der Waals surface area (Å²) in [5, 5.41) is 8.34. The van der Waals surface area contributed by atoms with Gasteiger partial charge in [-0.2, -0.15) is 0 Å². The Morgan fingerprint density at radius 2 is 2.24 bits per heavy atom. The van der Waals surface area contributed by atoms with Gasteiger partial charge in [-0.3, -0.25) is 9.48 Å². The second-order valence-electron chi connectivity index (χ2n) is 6.72. The second-order valence-corrected chi connectivity index (χ2v) is 6.72. The monoisotopic (exact) mass is 347 g/mol. The van der Waals surface area contributed by atoms with Crippen molar-refractivity contribution < 1.29 is 13.9 Å². The van der Waals surface area contributed by atoms with Crippen LogP contribution in [0.1, 0.15) is 33.6 Å². The molecule has 3 heterocycles. The first-order valence-corrected chi connectivity index (χ1v) is 8.42. The number of ether oxygens (including phenoxy) is 1. The molecule has 0 N–H and O–H groups in total. The number of furan rings is 1. The van der Waals surface area contributed by atoms with E-state index in [1.165, 1.54) is 0 Å². The maximum absolute atomic E-state index is 12.7. The Balaban J connectivity index is 1.73. The number of rotatable bonds is 6. The topological polar surface area (TPSA) is 76.6 Å². The average Bonchev–Trinajstić information content (AvgIpc) is 3.17. The molecule has 0 radical (unpaired) electrons. The fraction of sp³-hybridized carbons (Fsp3) is 0.588. The van der Waals surface area contributed by atoms with Crippen molar-refractivity contribution in [3.05, 3.63) is 35.0 Å². The molecule has 8 nitrogen and oxygen atoms in total. The van der Waals surface area contributed by atoms with E-state index in [-0.39, 0.29) is 11.8 Å². The van der Waals surface area contributed by atoms with Crippen molar-refractivity contribution >= 4 is 5.91 Å². The Hall–Kier alpha value is -2.19. The lowest BCUT2D eigenvalue weighted by atomic mass is 9.98. The fourth-order valence-corrected chi connectivity index (χ4v) is 3.08. The minimum atomic E-state index is -0.123. The summed E-state index contributed by atoms with van der Waals surface area (Å²) in [6.07, 6.45) is 0. The van der Waals surface area contributed by atoms with Crippen LogP contribution in [0.4, 0.5) is 0 Å². The summed E-state index contributed by atoms with van der Waals surface area (Å²) in [7, 11) is 5.91. The van der Waals surface area contributed by atoms with Gasteiger partial charge in [-0.25, -0.2) is 0 Å². The number of hydrogen-bond acceptors (Lipinski definition) is 6. The third kappa shape index (κ3) is 3.91. The van der Waals surface area contributed by atoms with Gasteiger partial charge in [0.2, 0.25) is 0 Å². The second kappa shape index (κ2) is 7.37. The van der Waals surface area contributed by atoms with E-state index < -0.39 is 0 Å². The number of likely N-dealkylation sites (N-methyl/N-ethyl adjacent to an activating group) is 1. The minimum absolute atomic E-state index is 0.0471. The van der Waals surface area contributed by atoms with E-state index in [0.29, 0.717) is 32.1 Å². The van der Waals surface area contributed by atoms with Crippen LogP contribution in [0.15, 0.2) is 16.5 Å². The van der Waals surface area contributed by atoms with E-state index in [1.807, 2.05) is 28.1 Å². The van der Waals surface area contributed by atoms with Crippen LogP contribution in [0.2, 0.25) is 0 Å². The van der Waals surface area contributed by atoms with Crippen LogP contribution in [0.5, 0.6) is 0 Å². The summed E-state index contributed by atoms with van der Waals surface area (Å²) in [4.78, 5) is 16.6. The number of carbonyl (C=O) groups excluding carboxylic acids is 1. The molecule has 0 spiro atoms. The molecule has 0 saturated heterocycles. The first-order chi connectivity index (χ1) is 12.0. The molecule has 136 valence electrons. The van der Waals surface area contributed by atoms with Gasteiger partial charge in [-0.15, -0.1) is 5.10 Å². The molecule has 1 aliphatic heterocycles. The highest BCUT2D eigenvalue weighted by atomic mass is 16.5. The maximum atomic E-state index is 12.7. The SMILES string of the molecule is Cc1ccc(C(=O)N2Cc3nnn(C)c3C(COCCN(C)C)C2)o1. The summed E-state index contributed by atoms with van der Waals surface area (Å²) in [5.74, 6) is 1.01. The molecule has 0 aromatic carbocycles. The van der Waals surface area contributed by atoms with Gasteiger partial charge in [-0.05, 0) is 33.2 Å². The number of fused-ring (bicyclic) bond motifs is 1. The first kappa shape index (κ1) is 17.6. The summed E-state index contributed by atoms with van der Waals surface area (Å²) in [5.41, 5.74) is 1.87. The van der Waals surface area contributed by atoms with Crippen molar-refractivity contribution in [2.24, 2.45) is 7.05 Å². The van der Waals surface area contributed by atoms with Gasteiger partial charge in [0.15, 0.2) is 5.76 Å². The molecule has 0 bridgehead atoms. The van der Waals surface area contributed by atoms with Crippen LogP contribution < -0.4 is 0 Å². The molecule has 0 aliphatic carbocycles. The third-order valence-electron chi connectivity index (χ3n) is 4.35. The predicted octanol–water partition coefficient (Wildman–Crippen LogP) is 1.03. The molecule has 2 aromatic heterocycles. The Bertz CT molecular complexity index is 736. The molecule has 0 fully saturated rings. The Labute approximate surface area is 147 Å². The number of aryl methyl sites for hydroxylation is 2. The quantitative estimate of drug-likeness (QED) is 0.727. The van der Waals surface area contributed by atoms with Gasteiger partial charge < -0.3 is 19.0 Å². The summed E-state index contributed by atoms with van der Waals surface area (Å²) < 4.78 is 13.1. The normalized spacial score (nSPS) is 17.2. The molecule has 1 atom stereocenters. The third-order valence-corrected chi connectivity index (χ3v) is 4.35. The molecule has 2 aromatic rings. The molecule has 0 saturated carbocycles. The fourth-order valence-electron chi connectivity index (χ4n) is 3.08. The van der Waals surface area contributed by atoms with Crippen molar-refractivity contribution in [3.63, 3.8) is 0 Å². The number of aromatic nitrogens is 3. The van der Waals surface area contributed by atoms with Crippen LogP contribution in [-0.2, 0) is 18.3 Å². The highest BCUT2D eigenvalue weighted by molar-refractivity contribution is 5.91. The Morgan fingerprint density at radius 3 is 2.92 bits per heavy atom. The van der Waals surface area contributed by atoms with E-state index in [0.717, 1.165) is 23.7 Å². The highest BCUT2D eigenvalue weighted by Gasteiger charge is 2.33. The standard InChI is InChI=1S/C17H25N5O3/c1-12-5-6-15(25-12)17(23)22-9-13(11-24-8-7-20(2)3)16-14(10-22)18-19-21(16)4/h5-6,13H,7-11H2,1-4H3. The van der Waals surface area contributed by atoms with Gasteiger partial charge >= 0.3 is 0 Å². The van der Waals surface area contributed by atoms with E-state index in [4.69, 9.17) is 9.15 Å². The van der Waals surface area contributed by atoms with Crippen LogP contribution in [0, 0.1) is 6.92 Å². The first-order valence-electron chi connectivity index (χ1n) is 8.42. The molecule has 1 amide bonds. The van der Waals surface area contributed by atoms with Crippen molar-refractivity contribution in [2.75, 3.05) is 40.4 Å². The van der Waals surface area contributed by atoms with E-state index in [1.54, 1.807) is 21.7 Å². The lowest BCUT2D eigenvalue weighted by Gasteiger charge is -2.31. The van der Waals surface area contributed by atoms with Crippen molar-refractivity contribution in [3.8, 4) is 0 Å². The minimum Gasteiger partial charge on any atom is -0.456 e. The number of amides is 1. The van der Waals surface area contributed by atoms with Crippen molar-refractivity contribution in [2.45, 2.75) is 19.4 Å². The molecule has 8 heteroatoms. The summed E-state index contributed by atoms with van der Waals surface area (Å²) >= 11 is 0. The predicted molar refractivity (Wildman–Crippen MR) is 91.3 cm³/mol. The van der Waals surface area contributed by atoms with Crippen LogP contribution >= 0.6 is 0 Å². The lowest BCUT2D eigenvalue weighted by Crippen LogP contribution is -2.40. The zero-order valence-corrected chi connectivity index (χ0v) is 15.2. The molecule has 1 unspecified atom stereocenters. The van der Waals surface area contributed by atoms with Gasteiger partial charge in [0, 0.05) is 26.1 Å². The van der Waals surface area contributed by atoms with E-state index in [9.17, 15) is 4.79 Å². The number of carbonyl (C=O) groups is 1. The smallest absolute Gasteiger partial charge is 0.289 e. The summed E-state index contributed by atoms with van der Waals surface area (Å²) in [6, 6.07) is 3.51. The molecule has 3 rings (SSSR count). The largest absolute Gasteiger partial charge is 0.456 e. The Morgan fingerprint density at radius 1 is 1.44 bits per heavy atom. The molecule has 25 heavy (non-hydrogen) atoms. The number of nitrogens with zero attached hydrogens (tertiary/aromatic N) is 5. The maximum Gasteiger partial charge on any atom is 0.289 e. The van der Waals surface area contributed by atoms with Crippen LogP contribution in [0.3, 0.4) is 0 Å². The lowest BCUT2D eigenvalue weighted by molar-refractivity contribution is 0.0586. The van der Waals surface area contributed by atoms with E-state index >= 15 is 0 Å². The Kier molecular flexibility index (Phi) is 5.19. The zero-order valence-electron chi connectivity index (χ0n) is 15.2. The van der Waals surface area contributed by atoms with Gasteiger partial charge in [0.05, 0.1) is 25.5 Å². The van der Waals surface area contributed by atoms with Crippen LogP contribution in [-0.4, -0.2) is 71.1 Å². The average molecular weight is 347 g/mol. The molecular weight excluding hydrogens is 322 g/mol. The number of hydrogen-bond donors (Lipinski definition) is 0. The van der Waals surface area contributed by atoms with Gasteiger partial charge in [-0.1, -0.05) is 5.21 Å². The van der Waals surface area contributed by atoms with Crippen molar-refractivity contribution in [1.29, 1.82) is 0 Å². The van der Waals surface area contributed by atoms with Crippen LogP contribution in [0.25, 0.3) is 0 Å². The van der Waals surface area contributed by atoms with Gasteiger partial charge in [0.25, 0.3) is 5.91 Å². The summed E-state index contributed by atoms with van der Waals surface area (Å²) in [6.45, 7) is 4.87. The molecule has 1 aliphatic rings. The van der Waals surface area contributed by atoms with Gasteiger partial charge in [0.1, 0.15) is 11.5 Å². The highest BCUT2D eigenvalue weighted by Crippen LogP contribution is 2.28. The van der Waals surface area contributed by atoms with E-state index in [2.05, 4.69) is 15.2 Å². The molecular formula is C17H25N5O3.